The molecule has 0 saturated carbocycles. The van der Waals surface area contributed by atoms with Crippen molar-refractivity contribution >= 4 is 28.9 Å². The lowest BCUT2D eigenvalue weighted by Crippen LogP contribution is -2.35. The van der Waals surface area contributed by atoms with Crippen molar-refractivity contribution in [3.8, 4) is 10.4 Å². The molecule has 1 aliphatic heterocycles. The first-order valence-electron chi connectivity index (χ1n) is 11.1. The molecule has 31 heavy (non-hydrogen) atoms. The number of amides is 1. The van der Waals surface area contributed by atoms with Crippen LogP contribution in [0, 0.1) is 5.41 Å². The van der Waals surface area contributed by atoms with Crippen LogP contribution < -0.4 is 4.90 Å². The Morgan fingerprint density at radius 1 is 1.23 bits per heavy atom. The minimum atomic E-state index is -0.837. The molecule has 2 heterocycles. The number of carboxylic acids is 1. The number of carbonyl (C=O) groups is 2. The number of fused-ring (bicyclic) bond motifs is 1. The third kappa shape index (κ3) is 4.41. The number of anilines is 1. The number of aromatic carboxylic acids is 1. The van der Waals surface area contributed by atoms with Gasteiger partial charge in [0.1, 0.15) is 0 Å². The summed E-state index contributed by atoms with van der Waals surface area (Å²) in [6.07, 6.45) is 5.41. The molecule has 1 amide bonds. The van der Waals surface area contributed by atoms with Gasteiger partial charge in [0.05, 0.1) is 5.56 Å². The van der Waals surface area contributed by atoms with Crippen LogP contribution in [-0.2, 0) is 24.2 Å². The van der Waals surface area contributed by atoms with E-state index < -0.39 is 5.97 Å². The van der Waals surface area contributed by atoms with Gasteiger partial charge in [-0.1, -0.05) is 19.9 Å². The van der Waals surface area contributed by atoms with E-state index in [9.17, 15) is 14.7 Å². The van der Waals surface area contributed by atoms with Gasteiger partial charge in [-0.3, -0.25) is 4.79 Å². The number of carboxylic acid groups (broad SMARTS) is 1. The SMILES string of the molecule is CN(C)Cc1cc(N2CCCCC2=O)ccc1-c1sc2c(c1C(=O)O)CC(C)(C)CC2. The molecule has 1 saturated heterocycles. The lowest BCUT2D eigenvalue weighted by Gasteiger charge is -2.29. The second-order valence-electron chi connectivity index (χ2n) is 9.94. The molecular weight excluding hydrogens is 408 g/mol. The summed E-state index contributed by atoms with van der Waals surface area (Å²) in [4.78, 5) is 30.9. The van der Waals surface area contributed by atoms with E-state index in [-0.39, 0.29) is 11.3 Å². The zero-order valence-electron chi connectivity index (χ0n) is 19.0. The Balaban J connectivity index is 1.83. The van der Waals surface area contributed by atoms with Crippen LogP contribution in [0.15, 0.2) is 18.2 Å². The van der Waals surface area contributed by atoms with Crippen molar-refractivity contribution in [3.63, 3.8) is 0 Å². The molecule has 1 aliphatic carbocycles. The second-order valence-corrected chi connectivity index (χ2v) is 11.0. The summed E-state index contributed by atoms with van der Waals surface area (Å²) >= 11 is 1.65. The van der Waals surface area contributed by atoms with E-state index in [4.69, 9.17) is 0 Å². The summed E-state index contributed by atoms with van der Waals surface area (Å²) in [6, 6.07) is 6.11. The Bertz CT molecular complexity index is 1020. The molecule has 0 radical (unpaired) electrons. The highest BCUT2D eigenvalue weighted by molar-refractivity contribution is 7.16. The zero-order chi connectivity index (χ0) is 22.3. The highest BCUT2D eigenvalue weighted by Gasteiger charge is 2.33. The first-order chi connectivity index (χ1) is 14.7. The normalized spacial score (nSPS) is 18.4. The number of nitrogens with zero attached hydrogens (tertiary/aromatic N) is 2. The van der Waals surface area contributed by atoms with Gasteiger partial charge in [0.2, 0.25) is 5.91 Å². The quantitative estimate of drug-likeness (QED) is 0.694. The van der Waals surface area contributed by atoms with Gasteiger partial charge >= 0.3 is 5.97 Å². The van der Waals surface area contributed by atoms with Crippen LogP contribution in [0.4, 0.5) is 5.69 Å². The first-order valence-corrected chi connectivity index (χ1v) is 11.9. The first kappa shape index (κ1) is 22.0. The van der Waals surface area contributed by atoms with E-state index in [1.54, 1.807) is 11.3 Å². The second kappa shape index (κ2) is 8.40. The summed E-state index contributed by atoms with van der Waals surface area (Å²) < 4.78 is 0. The number of aryl methyl sites for hydroxylation is 1. The number of rotatable bonds is 5. The predicted molar refractivity (Wildman–Crippen MR) is 126 cm³/mol. The lowest BCUT2D eigenvalue weighted by atomic mass is 9.76. The number of benzene rings is 1. The average molecular weight is 441 g/mol. The predicted octanol–water partition coefficient (Wildman–Crippen LogP) is 5.21. The minimum absolute atomic E-state index is 0.125. The standard InChI is InChI=1S/C25H32N2O3S/c1-25(2)11-10-20-19(14-25)22(24(29)30)23(31-20)18-9-8-17(13-16(18)15-26(3)4)27-12-6-5-7-21(27)28/h8-9,13H,5-7,10-12,14-15H2,1-4H3,(H,29,30). The number of hydrogen-bond donors (Lipinski definition) is 1. The number of piperidine rings is 1. The van der Waals surface area contributed by atoms with E-state index in [2.05, 4.69) is 24.8 Å². The Morgan fingerprint density at radius 3 is 2.68 bits per heavy atom. The molecule has 1 fully saturated rings. The Labute approximate surface area is 188 Å². The van der Waals surface area contributed by atoms with Crippen LogP contribution in [-0.4, -0.2) is 42.5 Å². The summed E-state index contributed by atoms with van der Waals surface area (Å²) in [6.45, 7) is 5.89. The van der Waals surface area contributed by atoms with Crippen molar-refractivity contribution in [1.82, 2.24) is 4.90 Å². The molecule has 1 N–H and O–H groups in total. The molecular formula is C25H32N2O3S. The Morgan fingerprint density at radius 2 is 2.00 bits per heavy atom. The van der Waals surface area contributed by atoms with Gasteiger partial charge in [0.25, 0.3) is 0 Å². The maximum absolute atomic E-state index is 12.5. The molecule has 0 atom stereocenters. The van der Waals surface area contributed by atoms with Gasteiger partial charge in [-0.15, -0.1) is 11.3 Å². The number of carbonyl (C=O) groups excluding carboxylic acids is 1. The minimum Gasteiger partial charge on any atom is -0.478 e. The summed E-state index contributed by atoms with van der Waals surface area (Å²) in [5.74, 6) is -0.661. The highest BCUT2D eigenvalue weighted by Crippen LogP contribution is 2.46. The largest absolute Gasteiger partial charge is 0.478 e. The third-order valence-corrected chi connectivity index (χ3v) is 7.77. The van der Waals surface area contributed by atoms with E-state index >= 15 is 0 Å². The summed E-state index contributed by atoms with van der Waals surface area (Å²) in [7, 11) is 4.03. The van der Waals surface area contributed by atoms with Crippen molar-refractivity contribution in [2.45, 2.75) is 58.9 Å². The molecule has 0 bridgehead atoms. The molecule has 4 rings (SSSR count). The van der Waals surface area contributed by atoms with Crippen LogP contribution >= 0.6 is 11.3 Å². The molecule has 6 heteroatoms. The van der Waals surface area contributed by atoms with Crippen molar-refractivity contribution < 1.29 is 14.7 Å². The average Bonchev–Trinajstić information content (AvgIpc) is 3.05. The van der Waals surface area contributed by atoms with E-state index in [1.165, 1.54) is 4.88 Å². The van der Waals surface area contributed by atoms with Gasteiger partial charge in [0.15, 0.2) is 0 Å². The fraction of sp³-hybridized carbons (Fsp3) is 0.520. The van der Waals surface area contributed by atoms with Crippen molar-refractivity contribution in [3.05, 3.63) is 39.8 Å². The molecule has 0 unspecified atom stereocenters. The third-order valence-electron chi connectivity index (χ3n) is 6.44. The number of thiophene rings is 1. The van der Waals surface area contributed by atoms with Crippen molar-refractivity contribution in [2.24, 2.45) is 5.41 Å². The molecule has 1 aromatic carbocycles. The zero-order valence-corrected chi connectivity index (χ0v) is 19.8. The monoisotopic (exact) mass is 440 g/mol. The van der Waals surface area contributed by atoms with Crippen LogP contribution in [0.1, 0.15) is 65.9 Å². The molecule has 2 aliphatic rings. The van der Waals surface area contributed by atoms with E-state index in [0.717, 1.165) is 65.9 Å². The van der Waals surface area contributed by atoms with Crippen LogP contribution in [0.25, 0.3) is 10.4 Å². The van der Waals surface area contributed by atoms with Crippen LogP contribution in [0.3, 0.4) is 0 Å². The van der Waals surface area contributed by atoms with E-state index in [1.807, 2.05) is 31.1 Å². The number of hydrogen-bond acceptors (Lipinski definition) is 4. The van der Waals surface area contributed by atoms with Gasteiger partial charge in [0, 0.05) is 35.0 Å². The molecule has 2 aromatic rings. The molecule has 1 aromatic heterocycles. The summed E-state index contributed by atoms with van der Waals surface area (Å²) in [5.41, 5.74) is 4.60. The van der Waals surface area contributed by atoms with Crippen molar-refractivity contribution in [2.75, 3.05) is 25.5 Å². The van der Waals surface area contributed by atoms with Crippen LogP contribution in [0.2, 0.25) is 0 Å². The molecule has 0 spiro atoms. The van der Waals surface area contributed by atoms with E-state index in [0.29, 0.717) is 18.5 Å². The molecule has 5 nitrogen and oxygen atoms in total. The van der Waals surface area contributed by atoms with Gasteiger partial charge < -0.3 is 14.9 Å². The fourth-order valence-electron chi connectivity index (χ4n) is 4.86. The topological polar surface area (TPSA) is 60.9 Å². The maximum atomic E-state index is 12.5. The Kier molecular flexibility index (Phi) is 5.97. The highest BCUT2D eigenvalue weighted by atomic mass is 32.1. The summed E-state index contributed by atoms with van der Waals surface area (Å²) in [5, 5.41) is 10.2. The lowest BCUT2D eigenvalue weighted by molar-refractivity contribution is -0.119. The van der Waals surface area contributed by atoms with Gasteiger partial charge in [-0.25, -0.2) is 4.79 Å². The fourth-order valence-corrected chi connectivity index (χ4v) is 6.23. The maximum Gasteiger partial charge on any atom is 0.337 e. The molecule has 166 valence electrons. The van der Waals surface area contributed by atoms with Gasteiger partial charge in [-0.05, 0) is 80.4 Å². The van der Waals surface area contributed by atoms with Gasteiger partial charge in [-0.2, -0.15) is 0 Å². The Hall–Kier alpha value is -2.18. The van der Waals surface area contributed by atoms with Crippen LogP contribution in [0.5, 0.6) is 0 Å². The van der Waals surface area contributed by atoms with Crippen molar-refractivity contribution in [1.29, 1.82) is 0 Å². The smallest absolute Gasteiger partial charge is 0.337 e.